The smallest absolute Gasteiger partial charge is 0.325 e. The lowest BCUT2D eigenvalue weighted by Crippen LogP contribution is -2.51. The van der Waals surface area contributed by atoms with Crippen LogP contribution in [0.5, 0.6) is 0 Å². The van der Waals surface area contributed by atoms with Crippen LogP contribution in [0.25, 0.3) is 0 Å². The van der Waals surface area contributed by atoms with Gasteiger partial charge in [0.15, 0.2) is 5.96 Å². The number of guanidine groups is 1. The lowest BCUT2D eigenvalue weighted by atomic mass is 9.97. The minimum Gasteiger partial charge on any atom is -0.356 e. The maximum Gasteiger partial charge on any atom is 0.325 e. The highest BCUT2D eigenvalue weighted by molar-refractivity contribution is 6.06. The number of imide groups is 1. The van der Waals surface area contributed by atoms with Gasteiger partial charge in [-0.3, -0.25) is 19.6 Å². The number of amides is 3. The fourth-order valence-electron chi connectivity index (χ4n) is 4.43. The molecule has 0 bridgehead atoms. The van der Waals surface area contributed by atoms with Crippen molar-refractivity contribution in [3.8, 4) is 0 Å². The van der Waals surface area contributed by atoms with E-state index in [1.807, 2.05) is 6.92 Å². The van der Waals surface area contributed by atoms with Crippen LogP contribution in [0.3, 0.4) is 0 Å². The lowest BCUT2D eigenvalue weighted by Gasteiger charge is -2.38. The van der Waals surface area contributed by atoms with E-state index < -0.39 is 5.54 Å². The molecule has 3 N–H and O–H groups in total. The summed E-state index contributed by atoms with van der Waals surface area (Å²) in [6.45, 7) is 9.06. The van der Waals surface area contributed by atoms with E-state index in [9.17, 15) is 9.59 Å². The molecule has 2 heterocycles. The summed E-state index contributed by atoms with van der Waals surface area (Å²) in [5, 5.41) is 9.66. The van der Waals surface area contributed by atoms with Crippen molar-refractivity contribution in [1.29, 1.82) is 0 Å². The van der Waals surface area contributed by atoms with Crippen LogP contribution < -0.4 is 16.0 Å². The van der Waals surface area contributed by atoms with Crippen molar-refractivity contribution in [2.75, 3.05) is 26.7 Å². The summed E-state index contributed by atoms with van der Waals surface area (Å²) < 4.78 is 0. The highest BCUT2D eigenvalue weighted by Gasteiger charge is 2.45. The monoisotopic (exact) mass is 442 g/mol. The van der Waals surface area contributed by atoms with Crippen LogP contribution in [0.1, 0.15) is 52.0 Å². The number of benzene rings is 1. The van der Waals surface area contributed by atoms with Crippen LogP contribution in [0.4, 0.5) is 4.79 Å². The van der Waals surface area contributed by atoms with Crippen LogP contribution >= 0.6 is 0 Å². The third-order valence-electron chi connectivity index (χ3n) is 6.71. The zero-order chi connectivity index (χ0) is 23.1. The Bertz CT molecular complexity index is 814. The predicted molar refractivity (Wildman–Crippen MR) is 127 cm³/mol. The summed E-state index contributed by atoms with van der Waals surface area (Å²) in [7, 11) is 1.77. The first-order valence-electron chi connectivity index (χ1n) is 11.8. The average molecular weight is 443 g/mol. The van der Waals surface area contributed by atoms with E-state index in [0.717, 1.165) is 31.9 Å². The molecule has 2 saturated heterocycles. The summed E-state index contributed by atoms with van der Waals surface area (Å²) in [4.78, 5) is 32.8. The Labute approximate surface area is 191 Å². The van der Waals surface area contributed by atoms with E-state index in [0.29, 0.717) is 38.0 Å². The van der Waals surface area contributed by atoms with E-state index >= 15 is 0 Å². The second-order valence-electron chi connectivity index (χ2n) is 9.10. The van der Waals surface area contributed by atoms with Crippen molar-refractivity contribution >= 4 is 17.9 Å². The number of nitrogens with one attached hydrogen (secondary N) is 3. The number of rotatable bonds is 8. The summed E-state index contributed by atoms with van der Waals surface area (Å²) in [5.74, 6) is 0.637. The van der Waals surface area contributed by atoms with Gasteiger partial charge in [0.1, 0.15) is 5.54 Å². The quantitative estimate of drug-likeness (QED) is 0.249. The Morgan fingerprint density at radius 1 is 1.28 bits per heavy atom. The number of nitrogens with zero attached hydrogens (tertiary/aromatic N) is 3. The summed E-state index contributed by atoms with van der Waals surface area (Å²) in [5.41, 5.74) is 0.585. The lowest BCUT2D eigenvalue weighted by molar-refractivity contribution is -0.130. The van der Waals surface area contributed by atoms with E-state index in [1.165, 1.54) is 10.5 Å². The molecule has 3 amide bonds. The zero-order valence-corrected chi connectivity index (χ0v) is 19.9. The molecule has 176 valence electrons. The van der Waals surface area contributed by atoms with Gasteiger partial charge in [-0.2, -0.15) is 0 Å². The van der Waals surface area contributed by atoms with E-state index in [2.05, 4.69) is 63.1 Å². The largest absolute Gasteiger partial charge is 0.356 e. The maximum absolute atomic E-state index is 12.5. The SMILES string of the molecule is CCC1(C)NC(=O)N(CCCNC(=NC)NC2CCN(Cc3ccccc3)C(C)C2)C1=O. The molecular formula is C24H38N6O2. The number of piperidine rings is 1. The normalized spacial score (nSPS) is 26.9. The van der Waals surface area contributed by atoms with Gasteiger partial charge >= 0.3 is 6.03 Å². The van der Waals surface area contributed by atoms with Gasteiger partial charge in [0.2, 0.25) is 0 Å². The molecule has 2 fully saturated rings. The first kappa shape index (κ1) is 24.0. The third-order valence-corrected chi connectivity index (χ3v) is 6.71. The van der Waals surface area contributed by atoms with Crippen molar-refractivity contribution in [1.82, 2.24) is 25.8 Å². The van der Waals surface area contributed by atoms with E-state index in [-0.39, 0.29) is 11.9 Å². The molecule has 2 aliphatic rings. The number of carbonyl (C=O) groups excluding carboxylic acids is 2. The van der Waals surface area contributed by atoms with E-state index in [1.54, 1.807) is 14.0 Å². The second-order valence-corrected chi connectivity index (χ2v) is 9.10. The molecule has 0 aromatic heterocycles. The average Bonchev–Trinajstić information content (AvgIpc) is 3.01. The Morgan fingerprint density at radius 3 is 2.66 bits per heavy atom. The first-order chi connectivity index (χ1) is 15.4. The second kappa shape index (κ2) is 10.8. The highest BCUT2D eigenvalue weighted by atomic mass is 16.2. The number of urea groups is 1. The van der Waals surface area contributed by atoms with Crippen LogP contribution in [-0.2, 0) is 11.3 Å². The third kappa shape index (κ3) is 5.79. The molecule has 0 spiro atoms. The molecule has 0 aliphatic carbocycles. The Kier molecular flexibility index (Phi) is 8.12. The summed E-state index contributed by atoms with van der Waals surface area (Å²) in [6, 6.07) is 11.2. The van der Waals surface area contributed by atoms with Crippen LogP contribution in [-0.4, -0.2) is 72.0 Å². The topological polar surface area (TPSA) is 89.1 Å². The number of aliphatic imine (C=N–C) groups is 1. The molecule has 3 atom stereocenters. The number of hydrogen-bond acceptors (Lipinski definition) is 4. The minimum atomic E-state index is -0.770. The number of carbonyl (C=O) groups is 2. The van der Waals surface area contributed by atoms with Crippen LogP contribution in [0.15, 0.2) is 35.3 Å². The van der Waals surface area contributed by atoms with Gasteiger partial charge in [0, 0.05) is 45.3 Å². The maximum atomic E-state index is 12.5. The van der Waals surface area contributed by atoms with Crippen molar-refractivity contribution in [2.45, 2.75) is 70.6 Å². The fraction of sp³-hybridized carbons (Fsp3) is 0.625. The van der Waals surface area contributed by atoms with Crippen molar-refractivity contribution in [3.63, 3.8) is 0 Å². The molecule has 1 aromatic carbocycles. The molecule has 0 saturated carbocycles. The number of likely N-dealkylation sites (tertiary alicyclic amines) is 1. The molecule has 32 heavy (non-hydrogen) atoms. The summed E-state index contributed by atoms with van der Waals surface area (Å²) in [6.07, 6.45) is 3.39. The minimum absolute atomic E-state index is 0.135. The van der Waals surface area contributed by atoms with Gasteiger partial charge in [0.25, 0.3) is 5.91 Å². The number of hydrogen-bond donors (Lipinski definition) is 3. The van der Waals surface area contributed by atoms with Crippen molar-refractivity contribution in [3.05, 3.63) is 35.9 Å². The van der Waals surface area contributed by atoms with Gasteiger partial charge < -0.3 is 16.0 Å². The van der Waals surface area contributed by atoms with Crippen LogP contribution in [0, 0.1) is 0 Å². The van der Waals surface area contributed by atoms with Gasteiger partial charge in [0.05, 0.1) is 0 Å². The molecular weight excluding hydrogens is 404 g/mol. The highest BCUT2D eigenvalue weighted by Crippen LogP contribution is 2.21. The molecule has 1 aromatic rings. The van der Waals surface area contributed by atoms with Gasteiger partial charge in [-0.15, -0.1) is 0 Å². The molecule has 3 rings (SSSR count). The van der Waals surface area contributed by atoms with E-state index in [4.69, 9.17) is 0 Å². The standard InChI is InChI=1S/C24H38N6O2/c1-5-24(3)21(31)30(23(32)28-24)14-9-13-26-22(25-4)27-20-12-15-29(18(2)16-20)17-19-10-7-6-8-11-19/h6-8,10-11,18,20H,5,9,12-17H2,1-4H3,(H,28,32)(H2,25,26,27). The van der Waals surface area contributed by atoms with Gasteiger partial charge in [-0.25, -0.2) is 4.79 Å². The fourth-order valence-corrected chi connectivity index (χ4v) is 4.43. The van der Waals surface area contributed by atoms with Crippen LogP contribution in [0.2, 0.25) is 0 Å². The van der Waals surface area contributed by atoms with Crippen molar-refractivity contribution in [2.24, 2.45) is 4.99 Å². The molecule has 2 aliphatic heterocycles. The molecule has 8 heteroatoms. The van der Waals surface area contributed by atoms with Gasteiger partial charge in [-0.05, 0) is 45.1 Å². The molecule has 0 radical (unpaired) electrons. The van der Waals surface area contributed by atoms with Crippen molar-refractivity contribution < 1.29 is 9.59 Å². The summed E-state index contributed by atoms with van der Waals surface area (Å²) >= 11 is 0. The Morgan fingerprint density at radius 2 is 2.03 bits per heavy atom. The molecule has 3 unspecified atom stereocenters. The molecule has 8 nitrogen and oxygen atoms in total. The first-order valence-corrected chi connectivity index (χ1v) is 11.8. The predicted octanol–water partition coefficient (Wildman–Crippen LogP) is 2.32. The zero-order valence-electron chi connectivity index (χ0n) is 19.9. The Hall–Kier alpha value is -2.61. The Balaban J connectivity index is 1.39. The van der Waals surface area contributed by atoms with Gasteiger partial charge in [-0.1, -0.05) is 37.3 Å².